The first kappa shape index (κ1) is 12.3. The van der Waals surface area contributed by atoms with E-state index in [4.69, 9.17) is 14.9 Å². The Morgan fingerprint density at radius 3 is 2.89 bits per heavy atom. The molecule has 5 nitrogen and oxygen atoms in total. The number of aromatic nitrogens is 1. The summed E-state index contributed by atoms with van der Waals surface area (Å²) in [5.74, 6) is 2.01. The first-order chi connectivity index (χ1) is 8.65. The molecule has 0 aliphatic rings. The average Bonchev–Trinajstić information content (AvgIpc) is 2.82. The van der Waals surface area contributed by atoms with Crippen molar-refractivity contribution in [3.05, 3.63) is 36.3 Å². The zero-order chi connectivity index (χ0) is 13.0. The monoisotopic (exact) mass is 247 g/mol. The fourth-order valence-corrected chi connectivity index (χ4v) is 1.46. The topological polar surface area (TPSA) is 73.3 Å². The number of rotatable bonds is 5. The lowest BCUT2D eigenvalue weighted by Gasteiger charge is -2.12. The molecule has 0 fully saturated rings. The van der Waals surface area contributed by atoms with Crippen LogP contribution in [-0.2, 0) is 6.54 Å². The Bertz CT molecular complexity index is 495. The first-order valence-corrected chi connectivity index (χ1v) is 5.84. The minimum Gasteiger partial charge on any atom is -0.473 e. The van der Waals surface area contributed by atoms with E-state index >= 15 is 0 Å². The lowest BCUT2D eigenvalue weighted by molar-refractivity contribution is 0.234. The maximum atomic E-state index is 5.79. The predicted octanol–water partition coefficient (Wildman–Crippen LogP) is 2.66. The van der Waals surface area contributed by atoms with Gasteiger partial charge in [-0.2, -0.15) is 4.98 Å². The quantitative estimate of drug-likeness (QED) is 0.849. The van der Waals surface area contributed by atoms with Crippen LogP contribution in [0.2, 0.25) is 0 Å². The normalized spacial score (nSPS) is 10.6. The molecular formula is C13H17N3O2. The number of hydrogen-bond donors (Lipinski definition) is 2. The van der Waals surface area contributed by atoms with Crippen molar-refractivity contribution < 1.29 is 9.15 Å². The Labute approximate surface area is 106 Å². The van der Waals surface area contributed by atoms with Crippen LogP contribution in [0, 0.1) is 0 Å². The fraction of sp³-hybridized carbons (Fsp3) is 0.308. The van der Waals surface area contributed by atoms with Crippen LogP contribution >= 0.6 is 0 Å². The van der Waals surface area contributed by atoms with E-state index in [-0.39, 0.29) is 6.10 Å². The maximum Gasteiger partial charge on any atom is 0.239 e. The summed E-state index contributed by atoms with van der Waals surface area (Å²) < 4.78 is 10.8. The summed E-state index contributed by atoms with van der Waals surface area (Å²) in [6.07, 6.45) is 1.68. The van der Waals surface area contributed by atoms with E-state index in [9.17, 15) is 0 Å². The number of nitrogens with two attached hydrogens (primary N) is 1. The molecule has 0 saturated heterocycles. The van der Waals surface area contributed by atoms with Crippen LogP contribution in [0.4, 0.5) is 11.5 Å². The zero-order valence-corrected chi connectivity index (χ0v) is 10.5. The van der Waals surface area contributed by atoms with Crippen molar-refractivity contribution in [3.63, 3.8) is 0 Å². The van der Waals surface area contributed by atoms with Crippen LogP contribution in [0.15, 0.2) is 34.9 Å². The Morgan fingerprint density at radius 1 is 1.39 bits per heavy atom. The van der Waals surface area contributed by atoms with E-state index in [2.05, 4.69) is 10.3 Å². The molecule has 5 heteroatoms. The molecule has 0 aliphatic heterocycles. The summed E-state index contributed by atoms with van der Waals surface area (Å²) in [6.45, 7) is 4.44. The Balaban J connectivity index is 2.04. The van der Waals surface area contributed by atoms with Crippen LogP contribution in [0.3, 0.4) is 0 Å². The maximum absolute atomic E-state index is 5.79. The van der Waals surface area contributed by atoms with Crippen molar-refractivity contribution in [1.29, 1.82) is 0 Å². The molecule has 0 atom stereocenters. The smallest absolute Gasteiger partial charge is 0.239 e. The van der Waals surface area contributed by atoms with Gasteiger partial charge in [0.1, 0.15) is 11.6 Å². The van der Waals surface area contributed by atoms with Gasteiger partial charge in [0.25, 0.3) is 0 Å². The lowest BCUT2D eigenvalue weighted by Crippen LogP contribution is -2.10. The second kappa shape index (κ2) is 5.44. The molecule has 0 amide bonds. The van der Waals surface area contributed by atoms with E-state index in [1.807, 2.05) is 32.0 Å². The number of nitrogen functional groups attached to an aromatic ring is 1. The van der Waals surface area contributed by atoms with Crippen molar-refractivity contribution >= 4 is 11.5 Å². The lowest BCUT2D eigenvalue weighted by atomic mass is 10.3. The van der Waals surface area contributed by atoms with Crippen LogP contribution in [0.25, 0.3) is 0 Å². The number of nitrogens with one attached hydrogen (secondary N) is 1. The molecule has 2 rings (SSSR count). The molecule has 96 valence electrons. The van der Waals surface area contributed by atoms with Gasteiger partial charge in [0.15, 0.2) is 0 Å². The van der Waals surface area contributed by atoms with Gasteiger partial charge >= 0.3 is 0 Å². The molecular weight excluding hydrogens is 230 g/mol. The van der Waals surface area contributed by atoms with E-state index in [0.29, 0.717) is 23.9 Å². The molecule has 2 aromatic rings. The molecule has 18 heavy (non-hydrogen) atoms. The molecule has 0 bridgehead atoms. The highest BCUT2D eigenvalue weighted by molar-refractivity contribution is 5.53. The summed E-state index contributed by atoms with van der Waals surface area (Å²) >= 11 is 0. The van der Waals surface area contributed by atoms with Gasteiger partial charge in [-0.05, 0) is 38.1 Å². The SMILES string of the molecule is CC(C)Oc1nc(NCc2ccco2)ccc1N. The number of furan rings is 1. The van der Waals surface area contributed by atoms with E-state index < -0.39 is 0 Å². The largest absolute Gasteiger partial charge is 0.473 e. The number of hydrogen-bond acceptors (Lipinski definition) is 5. The minimum atomic E-state index is 0.0418. The summed E-state index contributed by atoms with van der Waals surface area (Å²) in [5, 5.41) is 3.15. The number of ether oxygens (including phenoxy) is 1. The molecule has 0 spiro atoms. The van der Waals surface area contributed by atoms with Gasteiger partial charge in [-0.1, -0.05) is 0 Å². The van der Waals surface area contributed by atoms with E-state index in [0.717, 1.165) is 5.76 Å². The number of anilines is 2. The Kier molecular flexibility index (Phi) is 3.72. The highest BCUT2D eigenvalue weighted by atomic mass is 16.5. The zero-order valence-electron chi connectivity index (χ0n) is 10.5. The van der Waals surface area contributed by atoms with E-state index in [1.165, 1.54) is 0 Å². The van der Waals surface area contributed by atoms with E-state index in [1.54, 1.807) is 12.3 Å². The van der Waals surface area contributed by atoms with Gasteiger partial charge in [-0.25, -0.2) is 0 Å². The summed E-state index contributed by atoms with van der Waals surface area (Å²) in [4.78, 5) is 4.31. The van der Waals surface area contributed by atoms with Crippen molar-refractivity contribution in [2.75, 3.05) is 11.1 Å². The molecule has 2 heterocycles. The molecule has 0 radical (unpaired) electrons. The molecule has 2 aromatic heterocycles. The summed E-state index contributed by atoms with van der Waals surface area (Å²) in [7, 11) is 0. The van der Waals surface area contributed by atoms with Crippen molar-refractivity contribution in [2.45, 2.75) is 26.5 Å². The highest BCUT2D eigenvalue weighted by Crippen LogP contribution is 2.22. The molecule has 0 aromatic carbocycles. The van der Waals surface area contributed by atoms with Crippen LogP contribution in [-0.4, -0.2) is 11.1 Å². The van der Waals surface area contributed by atoms with Gasteiger partial charge in [-0.3, -0.25) is 0 Å². The third kappa shape index (κ3) is 3.16. The first-order valence-electron chi connectivity index (χ1n) is 5.84. The molecule has 3 N–H and O–H groups in total. The summed E-state index contributed by atoms with van der Waals surface area (Å²) in [6, 6.07) is 7.33. The summed E-state index contributed by atoms with van der Waals surface area (Å²) in [5.41, 5.74) is 6.33. The molecule has 0 aliphatic carbocycles. The Hall–Kier alpha value is -2.17. The Morgan fingerprint density at radius 2 is 2.22 bits per heavy atom. The van der Waals surface area contributed by atoms with Gasteiger partial charge in [-0.15, -0.1) is 0 Å². The van der Waals surface area contributed by atoms with Crippen LogP contribution in [0.5, 0.6) is 5.88 Å². The van der Waals surface area contributed by atoms with Gasteiger partial charge in [0, 0.05) is 0 Å². The van der Waals surface area contributed by atoms with Crippen molar-refractivity contribution in [2.24, 2.45) is 0 Å². The average molecular weight is 247 g/mol. The molecule has 0 saturated carbocycles. The second-order valence-electron chi connectivity index (χ2n) is 4.19. The third-order valence-corrected chi connectivity index (χ3v) is 2.26. The fourth-order valence-electron chi connectivity index (χ4n) is 1.46. The van der Waals surface area contributed by atoms with Crippen molar-refractivity contribution in [1.82, 2.24) is 4.98 Å². The predicted molar refractivity (Wildman–Crippen MR) is 70.4 cm³/mol. The minimum absolute atomic E-state index is 0.0418. The van der Waals surface area contributed by atoms with Crippen LogP contribution in [0.1, 0.15) is 19.6 Å². The number of pyridine rings is 1. The standard InChI is InChI=1S/C13H17N3O2/c1-9(2)18-13-11(14)5-6-12(16-13)15-8-10-4-3-7-17-10/h3-7,9H,8,14H2,1-2H3,(H,15,16). The highest BCUT2D eigenvalue weighted by Gasteiger charge is 2.06. The van der Waals surface area contributed by atoms with Crippen molar-refractivity contribution in [3.8, 4) is 5.88 Å². The van der Waals surface area contributed by atoms with Gasteiger partial charge < -0.3 is 20.2 Å². The van der Waals surface area contributed by atoms with Gasteiger partial charge in [0.2, 0.25) is 5.88 Å². The third-order valence-electron chi connectivity index (χ3n) is 2.26. The molecule has 0 unspecified atom stereocenters. The second-order valence-corrected chi connectivity index (χ2v) is 4.19. The number of nitrogens with zero attached hydrogens (tertiary/aromatic N) is 1. The van der Waals surface area contributed by atoms with Gasteiger partial charge in [0.05, 0.1) is 24.6 Å². The van der Waals surface area contributed by atoms with Crippen LogP contribution < -0.4 is 15.8 Å².